The number of imidazole rings is 1. The van der Waals surface area contributed by atoms with Crippen LogP contribution < -0.4 is 0 Å². The van der Waals surface area contributed by atoms with E-state index in [-0.39, 0.29) is 17.3 Å². The van der Waals surface area contributed by atoms with Gasteiger partial charge in [-0.15, -0.1) is 0 Å². The molecule has 1 amide bonds. The number of carbonyl (C=O) groups is 1. The number of amides is 1. The number of halogens is 2. The summed E-state index contributed by atoms with van der Waals surface area (Å²) in [6.45, 7) is 3.18. The second-order valence-corrected chi connectivity index (χ2v) is 8.69. The van der Waals surface area contributed by atoms with E-state index in [1.165, 1.54) is 17.8 Å². The molecule has 1 aromatic carbocycles. The summed E-state index contributed by atoms with van der Waals surface area (Å²) in [4.78, 5) is 25.4. The van der Waals surface area contributed by atoms with Crippen molar-refractivity contribution in [3.63, 3.8) is 0 Å². The first-order valence-electron chi connectivity index (χ1n) is 10.1. The molecule has 3 heterocycles. The number of nitrogens with one attached hydrogen (secondary N) is 1. The zero-order chi connectivity index (χ0) is 19.3. The number of rotatable bonds is 3. The van der Waals surface area contributed by atoms with Crippen molar-refractivity contribution in [3.05, 3.63) is 52.3 Å². The first-order chi connectivity index (χ1) is 13.6. The highest BCUT2D eigenvalue weighted by Gasteiger charge is 2.50. The molecule has 2 fully saturated rings. The van der Waals surface area contributed by atoms with Gasteiger partial charge in [0, 0.05) is 49.2 Å². The molecule has 7 heteroatoms. The third-order valence-electron chi connectivity index (χ3n) is 6.55. The van der Waals surface area contributed by atoms with Crippen molar-refractivity contribution in [2.45, 2.75) is 44.2 Å². The average molecular weight is 403 g/mol. The van der Waals surface area contributed by atoms with Gasteiger partial charge < -0.3 is 9.88 Å². The summed E-state index contributed by atoms with van der Waals surface area (Å²) in [5, 5.41) is 0.470. The average Bonchev–Trinajstić information content (AvgIpc) is 3.43. The van der Waals surface area contributed by atoms with Crippen molar-refractivity contribution < 1.29 is 9.18 Å². The molecule has 2 aliphatic heterocycles. The predicted molar refractivity (Wildman–Crippen MR) is 104 cm³/mol. The van der Waals surface area contributed by atoms with Gasteiger partial charge in [-0.3, -0.25) is 9.69 Å². The van der Waals surface area contributed by atoms with Gasteiger partial charge in [0.25, 0.3) is 0 Å². The molecular weight excluding hydrogens is 379 g/mol. The van der Waals surface area contributed by atoms with Crippen molar-refractivity contribution in [2.75, 3.05) is 19.6 Å². The third kappa shape index (κ3) is 3.03. The molecule has 2 aromatic rings. The minimum absolute atomic E-state index is 0.216. The summed E-state index contributed by atoms with van der Waals surface area (Å²) < 4.78 is 13.3. The molecule has 5 rings (SSSR count). The predicted octanol–water partition coefficient (Wildman–Crippen LogP) is 3.49. The van der Waals surface area contributed by atoms with E-state index in [0.717, 1.165) is 63.0 Å². The lowest BCUT2D eigenvalue weighted by Crippen LogP contribution is -2.58. The Morgan fingerprint density at radius 2 is 2.07 bits per heavy atom. The maximum Gasteiger partial charge on any atom is 0.226 e. The van der Waals surface area contributed by atoms with Crippen LogP contribution in [0.3, 0.4) is 0 Å². The van der Waals surface area contributed by atoms with Gasteiger partial charge in [0.05, 0.1) is 17.6 Å². The topological polar surface area (TPSA) is 52.2 Å². The fourth-order valence-electron chi connectivity index (χ4n) is 4.83. The highest BCUT2D eigenvalue weighted by atomic mass is 35.5. The van der Waals surface area contributed by atoms with Crippen LogP contribution in [0.5, 0.6) is 0 Å². The second kappa shape index (κ2) is 6.85. The lowest BCUT2D eigenvalue weighted by Gasteiger charge is -2.50. The van der Waals surface area contributed by atoms with E-state index in [4.69, 9.17) is 11.6 Å². The summed E-state index contributed by atoms with van der Waals surface area (Å²) in [7, 11) is 0. The van der Waals surface area contributed by atoms with Gasteiger partial charge in [0.1, 0.15) is 5.82 Å². The van der Waals surface area contributed by atoms with Crippen LogP contribution in [0.4, 0.5) is 4.39 Å². The van der Waals surface area contributed by atoms with E-state index < -0.39 is 0 Å². The third-order valence-corrected chi connectivity index (χ3v) is 6.90. The van der Waals surface area contributed by atoms with Crippen LogP contribution in [0.25, 0.3) is 0 Å². The Kier molecular flexibility index (Phi) is 4.43. The lowest BCUT2D eigenvalue weighted by molar-refractivity contribution is -0.143. The maximum atomic E-state index is 13.3. The Morgan fingerprint density at radius 1 is 1.29 bits per heavy atom. The van der Waals surface area contributed by atoms with E-state index >= 15 is 0 Å². The number of carbonyl (C=O) groups excluding carboxylic acids is 1. The van der Waals surface area contributed by atoms with Crippen molar-refractivity contribution in [1.29, 1.82) is 0 Å². The smallest absolute Gasteiger partial charge is 0.226 e. The highest BCUT2D eigenvalue weighted by molar-refractivity contribution is 6.31. The molecule has 1 saturated carbocycles. The summed E-state index contributed by atoms with van der Waals surface area (Å²) in [6.07, 6.45) is 6.39. The van der Waals surface area contributed by atoms with Crippen molar-refractivity contribution in [2.24, 2.45) is 5.92 Å². The fraction of sp³-hybridized carbons (Fsp3) is 0.524. The number of hydrogen-bond acceptors (Lipinski definition) is 3. The molecule has 148 valence electrons. The van der Waals surface area contributed by atoms with Crippen LogP contribution in [-0.2, 0) is 23.3 Å². The molecule has 0 radical (unpaired) electrons. The zero-order valence-corrected chi connectivity index (χ0v) is 16.5. The van der Waals surface area contributed by atoms with E-state index in [2.05, 4.69) is 19.8 Å². The standard InChI is InChI=1S/C21H24ClFN4O/c22-17-11-16(23)4-3-15(17)12-26-9-6-21(7-10-26)19-18(24-13-25-19)5-8-27(21)20(28)14-1-2-14/h3-4,11,13-14H,1-2,5-10,12H2,(H,24,25). The largest absolute Gasteiger partial charge is 0.348 e. The van der Waals surface area contributed by atoms with Crippen molar-refractivity contribution in [3.8, 4) is 0 Å². The van der Waals surface area contributed by atoms with E-state index in [9.17, 15) is 9.18 Å². The Morgan fingerprint density at radius 3 is 2.79 bits per heavy atom. The van der Waals surface area contributed by atoms with E-state index in [1.807, 2.05) is 0 Å². The van der Waals surface area contributed by atoms with Crippen molar-refractivity contribution >= 4 is 17.5 Å². The maximum absolute atomic E-state index is 13.3. The molecule has 3 aliphatic rings. The number of aromatic nitrogens is 2. The summed E-state index contributed by atoms with van der Waals surface area (Å²) in [5.41, 5.74) is 2.88. The molecular formula is C21H24ClFN4O. The molecule has 1 saturated heterocycles. The Hall–Kier alpha value is -1.92. The zero-order valence-electron chi connectivity index (χ0n) is 15.8. The van der Waals surface area contributed by atoms with Crippen LogP contribution >= 0.6 is 11.6 Å². The normalized spacial score (nSPS) is 21.7. The first-order valence-corrected chi connectivity index (χ1v) is 10.5. The van der Waals surface area contributed by atoms with Gasteiger partial charge in [-0.1, -0.05) is 17.7 Å². The van der Waals surface area contributed by atoms with Crippen LogP contribution in [0.15, 0.2) is 24.5 Å². The first kappa shape index (κ1) is 18.1. The van der Waals surface area contributed by atoms with Crippen LogP contribution in [0.1, 0.15) is 42.6 Å². The number of hydrogen-bond donors (Lipinski definition) is 1. The van der Waals surface area contributed by atoms with Gasteiger partial charge in [-0.25, -0.2) is 9.37 Å². The molecule has 0 bridgehead atoms. The van der Waals surface area contributed by atoms with E-state index in [0.29, 0.717) is 17.5 Å². The van der Waals surface area contributed by atoms with Crippen LogP contribution in [0, 0.1) is 11.7 Å². The molecule has 0 unspecified atom stereocenters. The SMILES string of the molecule is O=C(C1CC1)N1CCc2[nH]cnc2C12CCN(Cc1ccc(F)cc1Cl)CC2. The fourth-order valence-corrected chi connectivity index (χ4v) is 5.06. The molecule has 0 atom stereocenters. The Balaban J connectivity index is 1.37. The molecule has 1 spiro atoms. The molecule has 1 aromatic heterocycles. The quantitative estimate of drug-likeness (QED) is 0.855. The van der Waals surface area contributed by atoms with Gasteiger partial charge >= 0.3 is 0 Å². The summed E-state index contributed by atoms with van der Waals surface area (Å²) >= 11 is 6.22. The van der Waals surface area contributed by atoms with Crippen LogP contribution in [-0.4, -0.2) is 45.3 Å². The van der Waals surface area contributed by atoms with Gasteiger partial charge in [-0.2, -0.15) is 0 Å². The van der Waals surface area contributed by atoms with Gasteiger partial charge in [0.2, 0.25) is 5.91 Å². The van der Waals surface area contributed by atoms with Crippen LogP contribution in [0.2, 0.25) is 5.02 Å². The van der Waals surface area contributed by atoms with Crippen molar-refractivity contribution in [1.82, 2.24) is 19.8 Å². The number of piperidine rings is 1. The number of H-pyrrole nitrogens is 1. The lowest BCUT2D eigenvalue weighted by atomic mass is 9.78. The minimum Gasteiger partial charge on any atom is -0.348 e. The summed E-state index contributed by atoms with van der Waals surface area (Å²) in [6, 6.07) is 4.59. The number of benzene rings is 1. The highest BCUT2D eigenvalue weighted by Crippen LogP contribution is 2.45. The van der Waals surface area contributed by atoms with Gasteiger partial charge in [-0.05, 0) is 43.4 Å². The summed E-state index contributed by atoms with van der Waals surface area (Å²) in [5.74, 6) is 0.214. The monoisotopic (exact) mass is 402 g/mol. The van der Waals surface area contributed by atoms with E-state index in [1.54, 1.807) is 12.4 Å². The molecule has 1 N–H and O–H groups in total. The number of nitrogens with zero attached hydrogens (tertiary/aromatic N) is 3. The molecule has 5 nitrogen and oxygen atoms in total. The molecule has 1 aliphatic carbocycles. The number of aromatic amines is 1. The number of likely N-dealkylation sites (tertiary alicyclic amines) is 1. The Bertz CT molecular complexity index is 902. The number of fused-ring (bicyclic) bond motifs is 2. The second-order valence-electron chi connectivity index (χ2n) is 8.29. The Labute approximate surface area is 168 Å². The minimum atomic E-state index is -0.311. The van der Waals surface area contributed by atoms with Gasteiger partial charge in [0.15, 0.2) is 0 Å². The molecule has 28 heavy (non-hydrogen) atoms.